The summed E-state index contributed by atoms with van der Waals surface area (Å²) in [5.41, 5.74) is 0.118. The minimum absolute atomic E-state index is 0.118. The molecule has 4 nitrogen and oxygen atoms in total. The fourth-order valence-corrected chi connectivity index (χ4v) is 2.81. The molecule has 0 aliphatic heterocycles. The van der Waals surface area contributed by atoms with Gasteiger partial charge in [-0.15, -0.1) is 0 Å². The summed E-state index contributed by atoms with van der Waals surface area (Å²) < 4.78 is 7.63. The Morgan fingerprint density at radius 1 is 1.44 bits per heavy atom. The van der Waals surface area contributed by atoms with Crippen molar-refractivity contribution >= 4 is 5.78 Å². The molecule has 1 aromatic rings. The largest absolute Gasteiger partial charge is 0.367 e. The van der Waals surface area contributed by atoms with E-state index in [-0.39, 0.29) is 5.78 Å². The van der Waals surface area contributed by atoms with Crippen molar-refractivity contribution < 1.29 is 9.53 Å². The number of aryl methyl sites for hydroxylation is 1. The van der Waals surface area contributed by atoms with E-state index in [4.69, 9.17) is 4.74 Å². The van der Waals surface area contributed by atoms with Crippen LogP contribution in [-0.4, -0.2) is 27.8 Å². The minimum atomic E-state index is -0.583. The van der Waals surface area contributed by atoms with Gasteiger partial charge in [0.15, 0.2) is 0 Å². The molecular formula is C14H22N2O2. The van der Waals surface area contributed by atoms with E-state index in [1.807, 2.05) is 13.0 Å². The minimum Gasteiger partial charge on any atom is -0.367 e. The Balaban J connectivity index is 2.25. The summed E-state index contributed by atoms with van der Waals surface area (Å²) in [6.45, 7) is 5.42. The van der Waals surface area contributed by atoms with Gasteiger partial charge in [0.1, 0.15) is 11.3 Å². The van der Waals surface area contributed by atoms with Crippen LogP contribution in [0.5, 0.6) is 0 Å². The van der Waals surface area contributed by atoms with E-state index in [1.54, 1.807) is 10.9 Å². The maximum Gasteiger partial charge on any atom is 0.212 e. The summed E-state index contributed by atoms with van der Waals surface area (Å²) in [7, 11) is 0. The second-order valence-corrected chi connectivity index (χ2v) is 4.90. The lowest BCUT2D eigenvalue weighted by atomic mass is 9.93. The van der Waals surface area contributed by atoms with Crippen LogP contribution in [0.15, 0.2) is 12.3 Å². The molecule has 1 aliphatic carbocycles. The van der Waals surface area contributed by atoms with Gasteiger partial charge < -0.3 is 4.74 Å². The molecule has 0 amide bonds. The van der Waals surface area contributed by atoms with E-state index in [0.717, 1.165) is 38.6 Å². The van der Waals surface area contributed by atoms with Gasteiger partial charge in [-0.25, -0.2) is 0 Å². The normalized spacial score (nSPS) is 18.1. The SMILES string of the molecule is CCCn1nccc1C(=O)C1(OCC)CCCC1. The molecule has 0 saturated heterocycles. The van der Waals surface area contributed by atoms with Crippen molar-refractivity contribution in [1.82, 2.24) is 9.78 Å². The van der Waals surface area contributed by atoms with Crippen LogP contribution in [0.2, 0.25) is 0 Å². The Hall–Kier alpha value is -1.16. The predicted octanol–water partition coefficient (Wildman–Crippen LogP) is 2.83. The standard InChI is InChI=1S/C14H22N2O2/c1-3-11-16-12(7-10-15-16)13(17)14(18-4-2)8-5-6-9-14/h7,10H,3-6,8-9,11H2,1-2H3. The summed E-state index contributed by atoms with van der Waals surface area (Å²) in [5.74, 6) is 0.118. The third-order valence-corrected chi connectivity index (χ3v) is 3.63. The van der Waals surface area contributed by atoms with Gasteiger partial charge >= 0.3 is 0 Å². The van der Waals surface area contributed by atoms with E-state index in [9.17, 15) is 4.79 Å². The van der Waals surface area contributed by atoms with Crippen molar-refractivity contribution in [1.29, 1.82) is 0 Å². The lowest BCUT2D eigenvalue weighted by Crippen LogP contribution is -2.40. The number of hydrogen-bond donors (Lipinski definition) is 0. The van der Waals surface area contributed by atoms with Crippen LogP contribution in [0.25, 0.3) is 0 Å². The highest BCUT2D eigenvalue weighted by molar-refractivity contribution is 6.01. The maximum absolute atomic E-state index is 12.7. The molecule has 4 heteroatoms. The molecule has 0 unspecified atom stereocenters. The zero-order valence-electron chi connectivity index (χ0n) is 11.3. The number of ether oxygens (including phenoxy) is 1. The molecule has 1 aliphatic rings. The molecule has 1 fully saturated rings. The molecule has 1 saturated carbocycles. The van der Waals surface area contributed by atoms with Crippen LogP contribution in [0.3, 0.4) is 0 Å². The van der Waals surface area contributed by atoms with Crippen LogP contribution in [-0.2, 0) is 11.3 Å². The average molecular weight is 250 g/mol. The fourth-order valence-electron chi connectivity index (χ4n) is 2.81. The Morgan fingerprint density at radius 2 is 2.17 bits per heavy atom. The van der Waals surface area contributed by atoms with Crippen LogP contribution in [0.1, 0.15) is 56.4 Å². The van der Waals surface area contributed by atoms with E-state index in [0.29, 0.717) is 12.3 Å². The molecule has 100 valence electrons. The lowest BCUT2D eigenvalue weighted by Gasteiger charge is -2.27. The number of carbonyl (C=O) groups excluding carboxylic acids is 1. The summed E-state index contributed by atoms with van der Waals surface area (Å²) in [6, 6.07) is 1.82. The second-order valence-electron chi connectivity index (χ2n) is 4.90. The first-order valence-corrected chi connectivity index (χ1v) is 6.94. The van der Waals surface area contributed by atoms with Gasteiger partial charge in [-0.2, -0.15) is 5.10 Å². The lowest BCUT2D eigenvalue weighted by molar-refractivity contribution is -0.0171. The number of carbonyl (C=O) groups is 1. The van der Waals surface area contributed by atoms with Crippen molar-refractivity contribution in [2.45, 2.75) is 58.1 Å². The van der Waals surface area contributed by atoms with Crippen molar-refractivity contribution in [2.75, 3.05) is 6.61 Å². The predicted molar refractivity (Wildman–Crippen MR) is 69.7 cm³/mol. The average Bonchev–Trinajstić information content (AvgIpc) is 2.99. The smallest absolute Gasteiger partial charge is 0.212 e. The molecule has 0 aromatic carbocycles. The highest BCUT2D eigenvalue weighted by atomic mass is 16.5. The van der Waals surface area contributed by atoms with E-state index < -0.39 is 5.60 Å². The van der Waals surface area contributed by atoms with Gasteiger partial charge in [0.25, 0.3) is 0 Å². The molecule has 0 N–H and O–H groups in total. The van der Waals surface area contributed by atoms with Crippen molar-refractivity contribution in [3.05, 3.63) is 18.0 Å². The molecule has 18 heavy (non-hydrogen) atoms. The Morgan fingerprint density at radius 3 is 2.78 bits per heavy atom. The molecule has 0 spiro atoms. The number of aromatic nitrogens is 2. The highest BCUT2D eigenvalue weighted by Crippen LogP contribution is 2.36. The van der Waals surface area contributed by atoms with E-state index in [1.165, 1.54) is 0 Å². The number of ketones is 1. The summed E-state index contributed by atoms with van der Waals surface area (Å²) >= 11 is 0. The van der Waals surface area contributed by atoms with Gasteiger partial charge in [-0.3, -0.25) is 9.48 Å². The summed E-state index contributed by atoms with van der Waals surface area (Å²) in [5, 5.41) is 4.23. The Kier molecular flexibility index (Phi) is 4.17. The first-order valence-electron chi connectivity index (χ1n) is 6.94. The Bertz CT molecular complexity index is 406. The van der Waals surface area contributed by atoms with E-state index >= 15 is 0 Å². The van der Waals surface area contributed by atoms with Crippen LogP contribution >= 0.6 is 0 Å². The third kappa shape index (κ3) is 2.34. The maximum atomic E-state index is 12.7. The molecule has 0 bridgehead atoms. The Labute approximate surface area is 108 Å². The highest BCUT2D eigenvalue weighted by Gasteiger charge is 2.43. The van der Waals surface area contributed by atoms with Crippen molar-refractivity contribution in [3.63, 3.8) is 0 Å². The molecule has 0 atom stereocenters. The van der Waals surface area contributed by atoms with Gasteiger partial charge in [0, 0.05) is 19.3 Å². The first-order chi connectivity index (χ1) is 8.73. The number of nitrogens with zero attached hydrogens (tertiary/aromatic N) is 2. The van der Waals surface area contributed by atoms with Crippen LogP contribution in [0, 0.1) is 0 Å². The number of rotatable bonds is 6. The van der Waals surface area contributed by atoms with Crippen molar-refractivity contribution in [2.24, 2.45) is 0 Å². The van der Waals surface area contributed by atoms with Gasteiger partial charge in [0.05, 0.1) is 0 Å². The quantitative estimate of drug-likeness (QED) is 0.729. The molecule has 2 rings (SSSR count). The topological polar surface area (TPSA) is 44.1 Å². The van der Waals surface area contributed by atoms with Crippen molar-refractivity contribution in [3.8, 4) is 0 Å². The van der Waals surface area contributed by atoms with E-state index in [2.05, 4.69) is 12.0 Å². The first kappa shape index (κ1) is 13.3. The molecule has 1 heterocycles. The van der Waals surface area contributed by atoms with Crippen LogP contribution < -0.4 is 0 Å². The molecular weight excluding hydrogens is 228 g/mol. The monoisotopic (exact) mass is 250 g/mol. The number of hydrogen-bond acceptors (Lipinski definition) is 3. The zero-order chi connectivity index (χ0) is 13.0. The third-order valence-electron chi connectivity index (χ3n) is 3.63. The van der Waals surface area contributed by atoms with Crippen LogP contribution in [0.4, 0.5) is 0 Å². The summed E-state index contributed by atoms with van der Waals surface area (Å²) in [4.78, 5) is 12.7. The number of Topliss-reactive ketones (excluding diaryl/α,β-unsaturated/α-hetero) is 1. The van der Waals surface area contributed by atoms with Gasteiger partial charge in [-0.05, 0) is 45.1 Å². The van der Waals surface area contributed by atoms with Gasteiger partial charge in [-0.1, -0.05) is 6.92 Å². The second kappa shape index (κ2) is 5.65. The van der Waals surface area contributed by atoms with Gasteiger partial charge in [0.2, 0.25) is 5.78 Å². The summed E-state index contributed by atoms with van der Waals surface area (Å²) in [6.07, 6.45) is 6.52. The fraction of sp³-hybridized carbons (Fsp3) is 0.714. The molecule has 0 radical (unpaired) electrons. The zero-order valence-corrected chi connectivity index (χ0v) is 11.3. The molecule has 1 aromatic heterocycles.